The smallest absolute Gasteiger partial charge is 0.486 e. The first-order chi connectivity index (χ1) is 17.2. The van der Waals surface area contributed by atoms with Crippen LogP contribution in [-0.2, 0) is 20.9 Å². The Bertz CT molecular complexity index is 993. The van der Waals surface area contributed by atoms with Gasteiger partial charge in [-0.05, 0) is 44.0 Å². The van der Waals surface area contributed by atoms with E-state index in [2.05, 4.69) is 28.9 Å². The van der Waals surface area contributed by atoms with Crippen LogP contribution in [0.15, 0.2) is 36.7 Å². The number of hydrogen-bond donors (Lipinski definition) is 2. The van der Waals surface area contributed by atoms with Crippen molar-refractivity contribution in [2.75, 3.05) is 13.2 Å². The Morgan fingerprint density at radius 1 is 1.11 bits per heavy atom. The van der Waals surface area contributed by atoms with Crippen molar-refractivity contribution in [3.8, 4) is 5.75 Å². The van der Waals surface area contributed by atoms with Crippen LogP contribution >= 0.6 is 11.3 Å². The molecule has 0 spiro atoms. The van der Waals surface area contributed by atoms with E-state index in [1.165, 1.54) is 9.75 Å². The predicted molar refractivity (Wildman–Crippen MR) is 118 cm³/mol. The molecule has 2 N–H and O–H groups in total. The molecular formula is C22H24F6N2O6S. The molecule has 2 fully saturated rings. The van der Waals surface area contributed by atoms with Crippen molar-refractivity contribution in [3.63, 3.8) is 0 Å². The molecule has 0 amide bonds. The third-order valence-corrected chi connectivity index (χ3v) is 6.20. The minimum Gasteiger partial charge on any atom is -0.486 e. The lowest BCUT2D eigenvalue weighted by Crippen LogP contribution is -2.51. The molecule has 1 saturated carbocycles. The van der Waals surface area contributed by atoms with Crippen molar-refractivity contribution in [2.24, 2.45) is 0 Å². The SMILES string of the molecule is Cc1ccc(CN2CCO[C@H]3[C@H](Oc4cccnc4)CC[C@@H]32)s1.O=C(O)C(F)(F)F.O=C(O)C(F)(F)F. The van der Waals surface area contributed by atoms with Gasteiger partial charge in [-0.1, -0.05) is 0 Å². The quantitative estimate of drug-likeness (QED) is 0.527. The molecule has 206 valence electrons. The number of hydrogen-bond acceptors (Lipinski definition) is 7. The molecular weight excluding hydrogens is 534 g/mol. The molecule has 1 aliphatic heterocycles. The van der Waals surface area contributed by atoms with Crippen molar-refractivity contribution in [3.05, 3.63) is 46.4 Å². The molecule has 0 aromatic carbocycles. The number of carboxylic acid groups (broad SMARTS) is 2. The summed E-state index contributed by atoms with van der Waals surface area (Å²) in [5.74, 6) is -4.67. The lowest BCUT2D eigenvalue weighted by molar-refractivity contribution is -0.193. The van der Waals surface area contributed by atoms with Gasteiger partial charge in [0.2, 0.25) is 0 Å². The Labute approximate surface area is 211 Å². The Hall–Kier alpha value is -2.91. The fraction of sp³-hybridized carbons (Fsp3) is 0.500. The molecule has 3 atom stereocenters. The summed E-state index contributed by atoms with van der Waals surface area (Å²) in [4.78, 5) is 27.3. The Morgan fingerprint density at radius 3 is 2.22 bits per heavy atom. The van der Waals surface area contributed by atoms with E-state index in [1.807, 2.05) is 23.5 Å². The molecule has 8 nitrogen and oxygen atoms in total. The second-order valence-corrected chi connectivity index (χ2v) is 9.29. The van der Waals surface area contributed by atoms with Gasteiger partial charge in [0.1, 0.15) is 18.0 Å². The molecule has 1 aliphatic carbocycles. The maximum atomic E-state index is 10.6. The Kier molecular flexibility index (Phi) is 10.7. The third kappa shape index (κ3) is 9.81. The third-order valence-electron chi connectivity index (χ3n) is 5.21. The second-order valence-electron chi connectivity index (χ2n) is 7.91. The number of aliphatic carboxylic acids is 2. The van der Waals surface area contributed by atoms with Gasteiger partial charge in [0, 0.05) is 35.1 Å². The summed E-state index contributed by atoms with van der Waals surface area (Å²) < 4.78 is 75.7. The van der Waals surface area contributed by atoms with Crippen molar-refractivity contribution in [1.82, 2.24) is 9.88 Å². The number of ether oxygens (including phenoxy) is 2. The normalized spacial score (nSPS) is 21.5. The number of aryl methyl sites for hydroxylation is 1. The van der Waals surface area contributed by atoms with Crippen LogP contribution < -0.4 is 4.74 Å². The van der Waals surface area contributed by atoms with Gasteiger partial charge in [0.15, 0.2) is 0 Å². The summed E-state index contributed by atoms with van der Waals surface area (Å²) in [6.45, 7) is 5.00. The highest BCUT2D eigenvalue weighted by molar-refractivity contribution is 7.11. The maximum Gasteiger partial charge on any atom is 0.490 e. The van der Waals surface area contributed by atoms with E-state index in [1.54, 1.807) is 12.4 Å². The minimum atomic E-state index is -5.08. The van der Waals surface area contributed by atoms with E-state index < -0.39 is 24.3 Å². The minimum absolute atomic E-state index is 0.136. The van der Waals surface area contributed by atoms with Crippen LogP contribution in [0.2, 0.25) is 0 Å². The molecule has 0 unspecified atom stereocenters. The largest absolute Gasteiger partial charge is 0.490 e. The number of rotatable bonds is 4. The highest BCUT2D eigenvalue weighted by Gasteiger charge is 2.44. The average molecular weight is 558 g/mol. The molecule has 2 aromatic heterocycles. The molecule has 37 heavy (non-hydrogen) atoms. The molecule has 0 radical (unpaired) electrons. The highest BCUT2D eigenvalue weighted by Crippen LogP contribution is 2.34. The number of aromatic nitrogens is 1. The van der Waals surface area contributed by atoms with Gasteiger partial charge in [-0.3, -0.25) is 9.88 Å². The van der Waals surface area contributed by atoms with Crippen LogP contribution in [-0.4, -0.2) is 75.8 Å². The number of fused-ring (bicyclic) bond motifs is 1. The second kappa shape index (κ2) is 13.1. The van der Waals surface area contributed by atoms with Crippen molar-refractivity contribution in [1.29, 1.82) is 0 Å². The standard InChI is InChI=1S/C18H22N2O2S.2C2HF3O2/c1-13-4-5-15(23-13)12-20-9-10-21-18-16(20)6-7-17(18)22-14-3-2-8-19-11-14;2*3-2(4,5)1(6)7/h2-5,8,11,16-18H,6-7,9-10,12H2,1H3;2*(H,6,7)/t16-,17+,18+;;/m0../s1. The first kappa shape index (κ1) is 30.3. The van der Waals surface area contributed by atoms with E-state index in [0.29, 0.717) is 6.04 Å². The van der Waals surface area contributed by atoms with Crippen molar-refractivity contribution >= 4 is 23.3 Å². The summed E-state index contributed by atoms with van der Waals surface area (Å²) in [5.41, 5.74) is 0. The van der Waals surface area contributed by atoms with E-state index in [9.17, 15) is 26.3 Å². The fourth-order valence-corrected chi connectivity index (χ4v) is 4.59. The van der Waals surface area contributed by atoms with Crippen LogP contribution in [0, 0.1) is 6.92 Å². The summed E-state index contributed by atoms with van der Waals surface area (Å²) in [7, 11) is 0. The van der Waals surface area contributed by atoms with E-state index >= 15 is 0 Å². The zero-order chi connectivity index (χ0) is 27.8. The fourth-order valence-electron chi connectivity index (χ4n) is 3.68. The number of carbonyl (C=O) groups is 2. The van der Waals surface area contributed by atoms with E-state index in [4.69, 9.17) is 29.3 Å². The lowest BCUT2D eigenvalue weighted by Gasteiger charge is -2.38. The van der Waals surface area contributed by atoms with Crippen LogP contribution in [0.25, 0.3) is 0 Å². The summed E-state index contributed by atoms with van der Waals surface area (Å²) in [6.07, 6.45) is -4.12. The number of morpholine rings is 1. The van der Waals surface area contributed by atoms with Crippen molar-refractivity contribution in [2.45, 2.75) is 56.9 Å². The number of thiophene rings is 1. The van der Waals surface area contributed by atoms with Gasteiger partial charge in [0.05, 0.1) is 12.8 Å². The Morgan fingerprint density at radius 2 is 1.73 bits per heavy atom. The van der Waals surface area contributed by atoms with Gasteiger partial charge in [-0.2, -0.15) is 26.3 Å². The summed E-state index contributed by atoms with van der Waals surface area (Å²) >= 11 is 1.90. The zero-order valence-electron chi connectivity index (χ0n) is 19.3. The number of halogens is 6. The molecule has 15 heteroatoms. The predicted octanol–water partition coefficient (Wildman–Crippen LogP) is 4.53. The summed E-state index contributed by atoms with van der Waals surface area (Å²) in [5, 5.41) is 14.2. The topological polar surface area (TPSA) is 109 Å². The maximum absolute atomic E-state index is 10.6. The highest BCUT2D eigenvalue weighted by atomic mass is 32.1. The first-order valence-corrected chi connectivity index (χ1v) is 11.6. The van der Waals surface area contributed by atoms with Crippen LogP contribution in [0.3, 0.4) is 0 Å². The van der Waals surface area contributed by atoms with Crippen molar-refractivity contribution < 1.29 is 55.6 Å². The monoisotopic (exact) mass is 558 g/mol. The van der Waals surface area contributed by atoms with Gasteiger partial charge < -0.3 is 19.7 Å². The number of pyridine rings is 1. The molecule has 2 aromatic rings. The van der Waals surface area contributed by atoms with Crippen LogP contribution in [0.4, 0.5) is 26.3 Å². The van der Waals surface area contributed by atoms with Gasteiger partial charge in [-0.15, -0.1) is 11.3 Å². The summed E-state index contributed by atoms with van der Waals surface area (Å²) in [6, 6.07) is 8.81. The van der Waals surface area contributed by atoms with Crippen LogP contribution in [0.1, 0.15) is 22.6 Å². The molecule has 3 heterocycles. The molecule has 0 bridgehead atoms. The average Bonchev–Trinajstić information content (AvgIpc) is 3.40. The zero-order valence-corrected chi connectivity index (χ0v) is 20.1. The van der Waals surface area contributed by atoms with Crippen LogP contribution in [0.5, 0.6) is 5.75 Å². The molecule has 1 saturated heterocycles. The number of nitrogens with zero attached hydrogens (tertiary/aromatic N) is 2. The molecule has 2 aliphatic rings. The van der Waals surface area contributed by atoms with E-state index in [0.717, 1.165) is 38.3 Å². The molecule has 4 rings (SSSR count). The number of carboxylic acids is 2. The lowest BCUT2D eigenvalue weighted by atomic mass is 10.1. The van der Waals surface area contributed by atoms with Gasteiger partial charge in [-0.25, -0.2) is 9.59 Å². The van der Waals surface area contributed by atoms with E-state index in [-0.39, 0.29) is 12.2 Å². The van der Waals surface area contributed by atoms with Gasteiger partial charge in [0.25, 0.3) is 0 Å². The number of alkyl halides is 6. The first-order valence-electron chi connectivity index (χ1n) is 10.8. The van der Waals surface area contributed by atoms with Gasteiger partial charge >= 0.3 is 24.3 Å². The Balaban J connectivity index is 0.000000286.